The predicted molar refractivity (Wildman–Crippen MR) is 348 cm³/mol. The van der Waals surface area contributed by atoms with Crippen molar-refractivity contribution in [3.05, 3.63) is 207 Å². The number of Topliss-reactive ketones (excluding diaryl/α,β-unsaturated/α-hetero) is 1. The first-order chi connectivity index (χ1) is 37.9. The van der Waals surface area contributed by atoms with Crippen LogP contribution in [0.3, 0.4) is 0 Å². The zero-order valence-electron chi connectivity index (χ0n) is 46.2. The van der Waals surface area contributed by atoms with Crippen LogP contribution in [0.15, 0.2) is 161 Å². The van der Waals surface area contributed by atoms with Gasteiger partial charge in [-0.25, -0.2) is 4.79 Å². The second-order valence-electron chi connectivity index (χ2n) is 19.1. The van der Waals surface area contributed by atoms with Crippen molar-refractivity contribution in [3.63, 3.8) is 0 Å². The Labute approximate surface area is 529 Å². The fraction of sp³-hybridized carbons (Fsp3) is 0.328. The van der Waals surface area contributed by atoms with E-state index < -0.39 is 22.8 Å². The SMILES string of the molecule is BrCc1cccc(Br)c1CBr.CC(=O)C1(NC(=O)OC(C)(C)C)Cc2cccc(Br)c2C1.CCCN=C(c1ccccc1)c1ccccc1.CCOC(=O)C1(N)Cc2cccc(Br)c2C1.Cc1cccc(Br)c1C.O=C=O.[B]=NS. The number of hydrogen-bond acceptors (Lipinski definition) is 11. The molecule has 0 heterocycles. The zero-order valence-corrected chi connectivity index (χ0v) is 56.6. The van der Waals surface area contributed by atoms with E-state index in [1.165, 1.54) is 49.2 Å². The number of alkyl halides is 2. The Morgan fingerprint density at radius 3 is 1.59 bits per heavy atom. The number of nitrogens with one attached hydrogen (secondary N) is 1. The quantitative estimate of drug-likeness (QED) is 0.0401. The van der Waals surface area contributed by atoms with Crippen LogP contribution < -0.4 is 11.1 Å². The van der Waals surface area contributed by atoms with Crippen molar-refractivity contribution in [2.45, 2.75) is 115 Å². The molecule has 0 aliphatic heterocycles. The van der Waals surface area contributed by atoms with Crippen molar-refractivity contribution in [1.82, 2.24) is 5.32 Å². The molecule has 0 aromatic heterocycles. The third-order valence-corrected chi connectivity index (χ3v) is 16.4. The van der Waals surface area contributed by atoms with Crippen LogP contribution in [0, 0.1) is 13.8 Å². The summed E-state index contributed by atoms with van der Waals surface area (Å²) in [5, 5.41) is 4.60. The molecule has 0 bridgehead atoms. The van der Waals surface area contributed by atoms with E-state index in [2.05, 4.69) is 219 Å². The second kappa shape index (κ2) is 37.1. The topological polar surface area (TPSA) is 167 Å². The van der Waals surface area contributed by atoms with E-state index in [1.54, 1.807) is 27.7 Å². The van der Waals surface area contributed by atoms with Gasteiger partial charge in [-0.2, -0.15) is 9.59 Å². The number of benzene rings is 6. The number of ether oxygens (including phenoxy) is 2. The molecule has 8 rings (SSSR count). The molecule has 0 saturated carbocycles. The third kappa shape index (κ3) is 23.6. The van der Waals surface area contributed by atoms with E-state index >= 15 is 0 Å². The molecule has 6 aromatic rings. The summed E-state index contributed by atoms with van der Waals surface area (Å²) < 4.78 is 17.4. The fourth-order valence-electron chi connectivity index (χ4n) is 8.04. The molecule has 1 radical (unpaired) electrons. The average Bonchev–Trinajstić information content (AvgIpc) is 4.02. The van der Waals surface area contributed by atoms with Gasteiger partial charge < -0.3 is 20.5 Å². The summed E-state index contributed by atoms with van der Waals surface area (Å²) in [6.45, 7) is 16.3. The number of nitrogens with two attached hydrogens (primary N) is 1. The molecule has 0 saturated heterocycles. The molecule has 2 aliphatic rings. The first-order valence-electron chi connectivity index (χ1n) is 25.2. The van der Waals surface area contributed by atoms with Gasteiger partial charge in [0.25, 0.3) is 0 Å². The molecule has 3 N–H and O–H groups in total. The van der Waals surface area contributed by atoms with Gasteiger partial charge in [-0.1, -0.05) is 212 Å². The summed E-state index contributed by atoms with van der Waals surface area (Å²) in [4.78, 5) is 57.0. The Morgan fingerprint density at radius 2 is 1.18 bits per heavy atom. The van der Waals surface area contributed by atoms with Crippen molar-refractivity contribution < 1.29 is 33.4 Å². The number of ketones is 1. The normalized spacial score (nSPS) is 14.9. The van der Waals surface area contributed by atoms with Gasteiger partial charge in [0.1, 0.15) is 16.7 Å². The number of halogens is 6. The molecule has 2 aliphatic carbocycles. The number of fused-ring (bicyclic) bond motifs is 2. The summed E-state index contributed by atoms with van der Waals surface area (Å²) in [5.41, 5.74) is 16.9. The molecular formula is C61H68BBr6N4O7S. The molecule has 1 amide bonds. The molecule has 19 heteroatoms. The Balaban J connectivity index is 0.000000341. The Hall–Kier alpha value is -4.17. The second-order valence-corrected chi connectivity index (χ2v) is 23.9. The van der Waals surface area contributed by atoms with E-state index in [9.17, 15) is 14.4 Å². The van der Waals surface area contributed by atoms with Gasteiger partial charge in [0.15, 0.2) is 5.78 Å². The number of aliphatic imine (C=N–C) groups is 1. The standard InChI is InChI=1S/C16H20BrNO3.C16H17N.C12H14BrNO2.C8H7Br3.C8H9Br.CO2.BHNS/c1-10(19)16(18-14(20)21-15(2,3)4)8-11-6-5-7-13(17)12(11)9-16;1-2-13-17-16(14-9-5-3-6-10-14)15-11-7-4-8-12-15;1-2-16-11(15)12(14)6-8-4-3-5-10(13)9(8)7-12;9-4-6-2-1-3-8(11)7(6)5-10;1-6-4-3-5-8(9)7(6)2;2-1-3;1-2-3/h5-7H,8-9H2,1-4H3,(H,18,20);3-12H,2,13H2,1H3;3-5H,2,6-7,14H2,1H3;1-3H,4-5H2;3-5H,1-2H3;;3H. The number of esters is 1. The number of rotatable bonds is 10. The molecule has 0 spiro atoms. The van der Waals surface area contributed by atoms with Gasteiger partial charge in [-0.3, -0.25) is 14.6 Å². The van der Waals surface area contributed by atoms with Crippen LogP contribution in [0.25, 0.3) is 0 Å². The van der Waals surface area contributed by atoms with Crippen LogP contribution in [-0.4, -0.2) is 67.2 Å². The summed E-state index contributed by atoms with van der Waals surface area (Å²) in [6.07, 6.45) is 2.85. The number of alkyl carbamates (subject to hydrolysis) is 1. The van der Waals surface area contributed by atoms with Crippen molar-refractivity contribution in [2.24, 2.45) is 15.0 Å². The molecule has 0 fully saturated rings. The van der Waals surface area contributed by atoms with Crippen molar-refractivity contribution in [1.29, 1.82) is 0 Å². The van der Waals surface area contributed by atoms with Crippen LogP contribution >= 0.6 is 108 Å². The van der Waals surface area contributed by atoms with Gasteiger partial charge in [0.2, 0.25) is 0 Å². The zero-order chi connectivity index (χ0) is 60.1. The van der Waals surface area contributed by atoms with Gasteiger partial charge in [-0.15, -0.1) is 0 Å². The number of aryl methyl sites for hydroxylation is 1. The van der Waals surface area contributed by atoms with E-state index in [0.717, 1.165) is 60.5 Å². The van der Waals surface area contributed by atoms with Crippen LogP contribution in [0.1, 0.15) is 104 Å². The van der Waals surface area contributed by atoms with Crippen LogP contribution in [-0.2, 0) is 65.0 Å². The number of nitrogens with zero attached hydrogens (tertiary/aromatic N) is 2. The number of carbonyl (C=O) groups is 3. The van der Waals surface area contributed by atoms with Crippen LogP contribution in [0.4, 0.5) is 4.79 Å². The van der Waals surface area contributed by atoms with Gasteiger partial charge in [-0.05, 0) is 124 Å². The molecule has 2 atom stereocenters. The maximum atomic E-state index is 12.2. The van der Waals surface area contributed by atoms with Crippen molar-refractivity contribution >= 4 is 146 Å². The number of carbonyl (C=O) groups excluding carboxylic acids is 5. The first-order valence-corrected chi connectivity index (χ1v) is 31.1. The van der Waals surface area contributed by atoms with Gasteiger partial charge >= 0.3 is 43.0 Å². The Morgan fingerprint density at radius 1 is 0.700 bits per heavy atom. The fourth-order valence-corrected chi connectivity index (χ4v) is 11.7. The Kier molecular flexibility index (Phi) is 33.4. The van der Waals surface area contributed by atoms with Gasteiger partial charge in [0, 0.05) is 71.9 Å². The van der Waals surface area contributed by atoms with E-state index in [1.807, 2.05) is 60.7 Å². The average molecular weight is 1490 g/mol. The molecular weight excluding hydrogens is 1420 g/mol. The molecule has 6 aromatic carbocycles. The monoisotopic (exact) mass is 1490 g/mol. The van der Waals surface area contributed by atoms with Crippen LogP contribution in [0.5, 0.6) is 0 Å². The van der Waals surface area contributed by atoms with E-state index in [0.29, 0.717) is 32.3 Å². The number of thiol groups is 1. The van der Waals surface area contributed by atoms with Gasteiger partial charge in [0.05, 0.1) is 12.3 Å². The Bertz CT molecular complexity index is 2960. The first kappa shape index (κ1) is 71.9. The minimum atomic E-state index is -0.908. The summed E-state index contributed by atoms with van der Waals surface area (Å²) in [5.74, 6) is -0.366. The van der Waals surface area contributed by atoms with Crippen LogP contribution in [0.2, 0.25) is 0 Å². The molecule has 2 unspecified atom stereocenters. The molecule has 425 valence electrons. The maximum absolute atomic E-state index is 12.2. The summed E-state index contributed by atoms with van der Waals surface area (Å²) in [7, 11) is 4.34. The number of amides is 1. The van der Waals surface area contributed by atoms with E-state index in [4.69, 9.17) is 29.8 Å². The summed E-state index contributed by atoms with van der Waals surface area (Å²) in [6, 6.07) is 45.0. The predicted octanol–water partition coefficient (Wildman–Crippen LogP) is 16.0. The number of hydrogen-bond donors (Lipinski definition) is 3. The van der Waals surface area contributed by atoms with Crippen molar-refractivity contribution in [3.8, 4) is 0 Å². The third-order valence-electron chi connectivity index (χ3n) is 12.1. The van der Waals surface area contributed by atoms with E-state index in [-0.39, 0.29) is 17.9 Å². The molecule has 11 nitrogen and oxygen atoms in total. The summed E-state index contributed by atoms with van der Waals surface area (Å²) >= 11 is 24.0. The minimum absolute atomic E-state index is 0.0588. The molecule has 80 heavy (non-hydrogen) atoms. The van der Waals surface area contributed by atoms with Crippen molar-refractivity contribution in [2.75, 3.05) is 13.2 Å².